The second kappa shape index (κ2) is 6.91. The summed E-state index contributed by atoms with van der Waals surface area (Å²) in [5.41, 5.74) is 2.59. The number of aromatic nitrogens is 1. The molecule has 2 aromatic rings. The minimum absolute atomic E-state index is 0.961. The van der Waals surface area contributed by atoms with Crippen molar-refractivity contribution in [3.05, 3.63) is 36.0 Å². The van der Waals surface area contributed by atoms with Gasteiger partial charge in [-0.15, -0.1) is 0 Å². The molecule has 20 heavy (non-hydrogen) atoms. The molecule has 0 spiro atoms. The predicted octanol–water partition coefficient (Wildman–Crippen LogP) is 3.13. The van der Waals surface area contributed by atoms with Gasteiger partial charge in [-0.05, 0) is 49.0 Å². The number of aromatic amines is 1. The molecule has 1 aromatic heterocycles. The summed E-state index contributed by atoms with van der Waals surface area (Å²) in [6.45, 7) is 5.81. The first-order valence-electron chi connectivity index (χ1n) is 7.91. The Hall–Kier alpha value is -1.32. The van der Waals surface area contributed by atoms with Crippen LogP contribution in [-0.4, -0.2) is 36.1 Å². The molecular formula is C17H25N3. The molecule has 3 heteroatoms. The molecule has 1 saturated heterocycles. The minimum atomic E-state index is 0.961. The van der Waals surface area contributed by atoms with Crippen LogP contribution in [0, 0.1) is 0 Å². The highest BCUT2D eigenvalue weighted by Gasteiger charge is 2.07. The van der Waals surface area contributed by atoms with Gasteiger partial charge >= 0.3 is 0 Å². The van der Waals surface area contributed by atoms with Gasteiger partial charge in [0.15, 0.2) is 0 Å². The van der Waals surface area contributed by atoms with Crippen LogP contribution in [0.5, 0.6) is 0 Å². The fourth-order valence-electron chi connectivity index (χ4n) is 3.03. The molecule has 108 valence electrons. The number of likely N-dealkylation sites (tertiary alicyclic amines) is 1. The predicted molar refractivity (Wildman–Crippen MR) is 84.9 cm³/mol. The van der Waals surface area contributed by atoms with Gasteiger partial charge in [0.25, 0.3) is 0 Å². The van der Waals surface area contributed by atoms with Gasteiger partial charge in [-0.1, -0.05) is 25.0 Å². The molecule has 0 atom stereocenters. The van der Waals surface area contributed by atoms with Gasteiger partial charge in [-0.25, -0.2) is 0 Å². The average molecular weight is 271 g/mol. The number of H-pyrrole nitrogens is 1. The molecule has 0 aliphatic carbocycles. The van der Waals surface area contributed by atoms with Crippen molar-refractivity contribution in [2.75, 3.05) is 26.2 Å². The molecule has 0 saturated carbocycles. The van der Waals surface area contributed by atoms with E-state index in [1.807, 2.05) is 6.20 Å². The van der Waals surface area contributed by atoms with E-state index in [2.05, 4.69) is 39.5 Å². The Balaban J connectivity index is 1.42. The molecule has 2 N–H and O–H groups in total. The quantitative estimate of drug-likeness (QED) is 0.819. The maximum atomic E-state index is 3.57. The van der Waals surface area contributed by atoms with E-state index in [0.29, 0.717) is 0 Å². The smallest absolute Gasteiger partial charge is 0.0457 e. The van der Waals surface area contributed by atoms with Crippen molar-refractivity contribution in [2.24, 2.45) is 0 Å². The van der Waals surface area contributed by atoms with Gasteiger partial charge in [0, 0.05) is 31.3 Å². The van der Waals surface area contributed by atoms with Crippen molar-refractivity contribution in [1.82, 2.24) is 15.2 Å². The van der Waals surface area contributed by atoms with Gasteiger partial charge in [0.1, 0.15) is 0 Å². The van der Waals surface area contributed by atoms with Crippen LogP contribution in [0.15, 0.2) is 30.5 Å². The number of benzene rings is 1. The van der Waals surface area contributed by atoms with Gasteiger partial charge < -0.3 is 15.2 Å². The summed E-state index contributed by atoms with van der Waals surface area (Å²) in [6.07, 6.45) is 7.59. The molecule has 0 amide bonds. The lowest BCUT2D eigenvalue weighted by Gasteiger charge is -2.19. The Kier molecular flexibility index (Phi) is 4.72. The Labute approximate surface area is 121 Å². The van der Waals surface area contributed by atoms with Crippen LogP contribution in [-0.2, 0) is 6.54 Å². The SMILES string of the molecule is c1cc2ccc(CNCCN3CCCCCC3)cc2[nH]1. The first-order valence-corrected chi connectivity index (χ1v) is 7.91. The van der Waals surface area contributed by atoms with E-state index in [-0.39, 0.29) is 0 Å². The molecule has 1 fully saturated rings. The summed E-state index contributed by atoms with van der Waals surface area (Å²) >= 11 is 0. The summed E-state index contributed by atoms with van der Waals surface area (Å²) < 4.78 is 0. The molecule has 1 aliphatic rings. The number of nitrogens with one attached hydrogen (secondary N) is 2. The van der Waals surface area contributed by atoms with Crippen LogP contribution in [0.3, 0.4) is 0 Å². The number of nitrogens with zero attached hydrogens (tertiary/aromatic N) is 1. The van der Waals surface area contributed by atoms with E-state index < -0.39 is 0 Å². The topological polar surface area (TPSA) is 31.1 Å². The standard InChI is InChI=1S/C17H25N3/c1-2-4-11-20(10-3-1)12-9-18-14-15-5-6-16-7-8-19-17(16)13-15/h5-8,13,18-19H,1-4,9-12,14H2. The third-order valence-electron chi connectivity index (χ3n) is 4.25. The number of hydrogen-bond acceptors (Lipinski definition) is 2. The lowest BCUT2D eigenvalue weighted by atomic mass is 10.1. The summed E-state index contributed by atoms with van der Waals surface area (Å²) in [5.74, 6) is 0. The number of fused-ring (bicyclic) bond motifs is 1. The Bertz CT molecular complexity index is 524. The first kappa shape index (κ1) is 13.7. The molecule has 2 heterocycles. The monoisotopic (exact) mass is 271 g/mol. The maximum Gasteiger partial charge on any atom is 0.0457 e. The van der Waals surface area contributed by atoms with Gasteiger partial charge in [0.2, 0.25) is 0 Å². The molecule has 3 rings (SSSR count). The maximum absolute atomic E-state index is 3.57. The fraction of sp³-hybridized carbons (Fsp3) is 0.529. The van der Waals surface area contributed by atoms with Crippen molar-refractivity contribution in [1.29, 1.82) is 0 Å². The minimum Gasteiger partial charge on any atom is -0.361 e. The average Bonchev–Trinajstić information content (AvgIpc) is 2.78. The molecule has 0 bridgehead atoms. The van der Waals surface area contributed by atoms with Crippen molar-refractivity contribution in [3.8, 4) is 0 Å². The van der Waals surface area contributed by atoms with Crippen LogP contribution < -0.4 is 5.32 Å². The van der Waals surface area contributed by atoms with E-state index in [9.17, 15) is 0 Å². The van der Waals surface area contributed by atoms with E-state index in [1.54, 1.807) is 0 Å². The highest BCUT2D eigenvalue weighted by molar-refractivity contribution is 5.79. The van der Waals surface area contributed by atoms with Crippen LogP contribution in [0.2, 0.25) is 0 Å². The summed E-state index contributed by atoms with van der Waals surface area (Å²) in [4.78, 5) is 5.88. The highest BCUT2D eigenvalue weighted by atomic mass is 15.1. The van der Waals surface area contributed by atoms with Crippen LogP contribution in [0.1, 0.15) is 31.2 Å². The fourth-order valence-corrected chi connectivity index (χ4v) is 3.03. The Morgan fingerprint density at radius 2 is 1.90 bits per heavy atom. The second-order valence-corrected chi connectivity index (χ2v) is 5.83. The highest BCUT2D eigenvalue weighted by Crippen LogP contribution is 2.14. The zero-order chi connectivity index (χ0) is 13.6. The normalized spacial score (nSPS) is 17.4. The lowest BCUT2D eigenvalue weighted by molar-refractivity contribution is 0.284. The molecular weight excluding hydrogens is 246 g/mol. The zero-order valence-corrected chi connectivity index (χ0v) is 12.2. The van der Waals surface area contributed by atoms with E-state index in [0.717, 1.165) is 13.1 Å². The first-order chi connectivity index (χ1) is 9.92. The van der Waals surface area contributed by atoms with Gasteiger partial charge in [-0.3, -0.25) is 0 Å². The third-order valence-corrected chi connectivity index (χ3v) is 4.25. The van der Waals surface area contributed by atoms with E-state index in [4.69, 9.17) is 0 Å². The third kappa shape index (κ3) is 3.62. The number of hydrogen-bond donors (Lipinski definition) is 2. The largest absolute Gasteiger partial charge is 0.361 e. The van der Waals surface area contributed by atoms with Crippen molar-refractivity contribution in [3.63, 3.8) is 0 Å². The molecule has 1 aliphatic heterocycles. The van der Waals surface area contributed by atoms with Crippen molar-refractivity contribution < 1.29 is 0 Å². The number of rotatable bonds is 5. The van der Waals surface area contributed by atoms with Crippen LogP contribution in [0.25, 0.3) is 10.9 Å². The molecule has 0 radical (unpaired) electrons. The molecule has 3 nitrogen and oxygen atoms in total. The zero-order valence-electron chi connectivity index (χ0n) is 12.2. The van der Waals surface area contributed by atoms with E-state index in [1.165, 1.54) is 61.8 Å². The summed E-state index contributed by atoms with van der Waals surface area (Å²) in [7, 11) is 0. The molecule has 1 aromatic carbocycles. The van der Waals surface area contributed by atoms with Crippen molar-refractivity contribution in [2.45, 2.75) is 32.2 Å². The lowest BCUT2D eigenvalue weighted by Crippen LogP contribution is -2.32. The van der Waals surface area contributed by atoms with E-state index >= 15 is 0 Å². The van der Waals surface area contributed by atoms with Gasteiger partial charge in [0.05, 0.1) is 0 Å². The second-order valence-electron chi connectivity index (χ2n) is 5.83. The molecule has 0 unspecified atom stereocenters. The van der Waals surface area contributed by atoms with Crippen LogP contribution >= 0.6 is 0 Å². The Morgan fingerprint density at radius 1 is 1.05 bits per heavy atom. The van der Waals surface area contributed by atoms with Gasteiger partial charge in [-0.2, -0.15) is 0 Å². The van der Waals surface area contributed by atoms with Crippen LogP contribution in [0.4, 0.5) is 0 Å². The summed E-state index contributed by atoms with van der Waals surface area (Å²) in [6, 6.07) is 8.77. The van der Waals surface area contributed by atoms with Crippen molar-refractivity contribution >= 4 is 10.9 Å². The summed E-state index contributed by atoms with van der Waals surface area (Å²) in [5, 5.41) is 4.86. The Morgan fingerprint density at radius 3 is 2.75 bits per heavy atom.